The Labute approximate surface area is 303 Å². The van der Waals surface area contributed by atoms with Crippen molar-refractivity contribution in [3.63, 3.8) is 0 Å². The first-order chi connectivity index (χ1) is 24.4. The first-order valence-electron chi connectivity index (χ1n) is 18.3. The lowest BCUT2D eigenvalue weighted by Crippen LogP contribution is -2.60. The van der Waals surface area contributed by atoms with E-state index >= 15 is 0 Å². The highest BCUT2D eigenvalue weighted by Gasteiger charge is 2.43. The third-order valence-corrected chi connectivity index (χ3v) is 11.6. The average Bonchev–Trinajstić information content (AvgIpc) is 3.93. The van der Waals surface area contributed by atoms with E-state index in [1.165, 1.54) is 23.2 Å². The number of rotatable bonds is 6. The summed E-state index contributed by atoms with van der Waals surface area (Å²) in [6.07, 6.45) is 3.59. The molecule has 8 atom stereocenters. The van der Waals surface area contributed by atoms with E-state index in [-0.39, 0.29) is 35.8 Å². The molecule has 3 aliphatic heterocycles. The number of amides is 6. The number of hydrogen-bond donors (Lipinski definition) is 4. The Kier molecular flexibility index (Phi) is 12.5. The van der Waals surface area contributed by atoms with Crippen molar-refractivity contribution in [2.24, 2.45) is 11.8 Å². The minimum atomic E-state index is -1.02. The summed E-state index contributed by atoms with van der Waals surface area (Å²) in [6, 6.07) is 4.26. The molecule has 1 aromatic carbocycles. The summed E-state index contributed by atoms with van der Waals surface area (Å²) in [5, 5.41) is 13.8. The molecule has 0 unspecified atom stereocenters. The molecule has 0 spiro atoms. The predicted octanol–water partition coefficient (Wildman–Crippen LogP) is 2.72. The summed E-state index contributed by atoms with van der Waals surface area (Å²) >= 11 is 1.24. The van der Waals surface area contributed by atoms with Crippen molar-refractivity contribution >= 4 is 46.8 Å². The summed E-state index contributed by atoms with van der Waals surface area (Å²) < 4.78 is 0. The van der Waals surface area contributed by atoms with Crippen molar-refractivity contribution in [3.05, 3.63) is 52.0 Å². The highest BCUT2D eigenvalue weighted by Crippen LogP contribution is 2.30. The van der Waals surface area contributed by atoms with Gasteiger partial charge in [-0.2, -0.15) is 0 Å². The molecule has 0 aliphatic carbocycles. The van der Waals surface area contributed by atoms with E-state index in [4.69, 9.17) is 0 Å². The van der Waals surface area contributed by atoms with Crippen molar-refractivity contribution in [2.75, 3.05) is 13.1 Å². The monoisotopic (exact) mass is 721 g/mol. The SMILES string of the molecule is CC[C@@H](C)[C@@H]1NC(=O)[C@@H]2CCCN2C(=O)[C@H](Cc2ccccc2)NC(=O)[C@H](C)NC(=O)c2csc(n2)[C@H]([C@H](C)CC)NC(=O)[C@@H]2CCCN2C1=O. The van der Waals surface area contributed by atoms with E-state index in [0.717, 1.165) is 12.0 Å². The van der Waals surface area contributed by atoms with E-state index < -0.39 is 59.9 Å². The van der Waals surface area contributed by atoms with Crippen LogP contribution in [0.4, 0.5) is 0 Å². The second-order valence-corrected chi connectivity index (χ2v) is 15.0. The predicted molar refractivity (Wildman–Crippen MR) is 192 cm³/mol. The van der Waals surface area contributed by atoms with Gasteiger partial charge in [0.05, 0.1) is 6.04 Å². The third kappa shape index (κ3) is 8.59. The fourth-order valence-electron chi connectivity index (χ4n) is 7.07. The zero-order valence-electron chi connectivity index (χ0n) is 30.1. The second kappa shape index (κ2) is 16.8. The summed E-state index contributed by atoms with van der Waals surface area (Å²) in [5.41, 5.74) is 0.925. The number of carbonyl (C=O) groups excluding carboxylic acids is 6. The van der Waals surface area contributed by atoms with Crippen molar-refractivity contribution in [1.82, 2.24) is 36.1 Å². The van der Waals surface area contributed by atoms with Gasteiger partial charge in [-0.05, 0) is 50.0 Å². The molecule has 13 nitrogen and oxygen atoms in total. The van der Waals surface area contributed by atoms with Gasteiger partial charge in [-0.15, -0.1) is 11.3 Å². The van der Waals surface area contributed by atoms with Crippen molar-refractivity contribution in [3.8, 4) is 0 Å². The van der Waals surface area contributed by atoms with E-state index in [2.05, 4.69) is 26.3 Å². The number of fused-ring (bicyclic) bond motifs is 4. The number of carbonyl (C=O) groups is 6. The first-order valence-corrected chi connectivity index (χ1v) is 19.1. The van der Waals surface area contributed by atoms with Crippen LogP contribution in [0.15, 0.2) is 35.7 Å². The number of aromatic nitrogens is 1. The van der Waals surface area contributed by atoms with Gasteiger partial charge >= 0.3 is 0 Å². The largest absolute Gasteiger partial charge is 0.345 e. The molecule has 2 bridgehead atoms. The zero-order chi connectivity index (χ0) is 36.8. The molecule has 51 heavy (non-hydrogen) atoms. The molecule has 5 rings (SSSR count). The Morgan fingerprint density at radius 2 is 1.33 bits per heavy atom. The normalized spacial score (nSPS) is 28.1. The van der Waals surface area contributed by atoms with Crippen molar-refractivity contribution in [2.45, 2.75) is 116 Å². The van der Waals surface area contributed by atoms with Crippen LogP contribution in [0.5, 0.6) is 0 Å². The second-order valence-electron chi connectivity index (χ2n) is 14.1. The maximum Gasteiger partial charge on any atom is 0.271 e. The van der Waals surface area contributed by atoms with Gasteiger partial charge in [0.1, 0.15) is 40.9 Å². The van der Waals surface area contributed by atoms with Gasteiger partial charge in [-0.1, -0.05) is 70.9 Å². The molecule has 3 aliphatic rings. The van der Waals surface area contributed by atoms with Crippen LogP contribution >= 0.6 is 11.3 Å². The van der Waals surface area contributed by atoms with E-state index in [1.807, 2.05) is 58.0 Å². The van der Waals surface area contributed by atoms with E-state index in [9.17, 15) is 28.8 Å². The average molecular weight is 722 g/mol. The van der Waals surface area contributed by atoms with Crippen molar-refractivity contribution in [1.29, 1.82) is 0 Å². The van der Waals surface area contributed by atoms with Crippen LogP contribution in [0.3, 0.4) is 0 Å². The lowest BCUT2D eigenvalue weighted by Gasteiger charge is -2.34. The van der Waals surface area contributed by atoms with E-state index in [0.29, 0.717) is 50.2 Å². The summed E-state index contributed by atoms with van der Waals surface area (Å²) in [6.45, 7) is 10.1. The quantitative estimate of drug-likeness (QED) is 0.356. The lowest BCUT2D eigenvalue weighted by molar-refractivity contribution is -0.145. The fraction of sp³-hybridized carbons (Fsp3) is 0.595. The van der Waals surface area contributed by atoms with Gasteiger partial charge < -0.3 is 31.1 Å². The fourth-order valence-corrected chi connectivity index (χ4v) is 8.05. The Hall–Kier alpha value is -4.33. The summed E-state index contributed by atoms with van der Waals surface area (Å²) in [4.78, 5) is 91.0. The molecule has 276 valence electrons. The third-order valence-electron chi connectivity index (χ3n) is 10.6. The van der Waals surface area contributed by atoms with Crippen LogP contribution in [0, 0.1) is 11.8 Å². The van der Waals surface area contributed by atoms with Gasteiger partial charge in [0.25, 0.3) is 5.91 Å². The molecule has 2 saturated heterocycles. The maximum atomic E-state index is 14.3. The number of benzene rings is 1. The molecule has 2 fully saturated rings. The molecule has 4 heterocycles. The molecule has 1 aromatic heterocycles. The Balaban J connectivity index is 1.52. The van der Waals surface area contributed by atoms with Gasteiger partial charge in [-0.3, -0.25) is 28.8 Å². The first kappa shape index (κ1) is 37.9. The smallest absolute Gasteiger partial charge is 0.271 e. The number of nitrogens with zero attached hydrogens (tertiary/aromatic N) is 3. The summed E-state index contributed by atoms with van der Waals surface area (Å²) in [5.74, 6) is -2.89. The van der Waals surface area contributed by atoms with Gasteiger partial charge in [0.15, 0.2) is 0 Å². The number of nitrogens with one attached hydrogen (secondary N) is 4. The number of hydrogen-bond acceptors (Lipinski definition) is 8. The molecule has 2 aromatic rings. The Morgan fingerprint density at radius 3 is 1.94 bits per heavy atom. The molecule has 0 radical (unpaired) electrons. The van der Waals surface area contributed by atoms with Crippen LogP contribution in [0.1, 0.15) is 100 Å². The standard InChI is InChI=1S/C37H51N7O6S/c1-6-21(3)29-35-40-26(20-51-35)32(46)38-23(5)31(45)39-25(19-24-13-9-8-10-14-24)36(49)43-17-11-15-27(43)34(48)42-30(22(4)7-2)37(50)44-18-12-16-28(44)33(47)41-29/h8-10,13-14,20-23,25,27-30H,6-7,11-12,15-19H2,1-5H3,(H,38,46)(H,39,45)(H,41,47)(H,42,48)/t21-,22-,23+,25+,27+,28+,29+,30+/m1/s1. The van der Waals surface area contributed by atoms with Gasteiger partial charge in [0, 0.05) is 24.9 Å². The zero-order valence-corrected chi connectivity index (χ0v) is 31.0. The molecule has 14 heteroatoms. The van der Waals surface area contributed by atoms with Gasteiger partial charge in [0.2, 0.25) is 29.5 Å². The van der Waals surface area contributed by atoms with E-state index in [1.54, 1.807) is 10.3 Å². The Bertz CT molecular complexity index is 1600. The van der Waals surface area contributed by atoms with Crippen LogP contribution in [-0.2, 0) is 30.4 Å². The molecule has 0 saturated carbocycles. The van der Waals surface area contributed by atoms with Crippen molar-refractivity contribution < 1.29 is 28.8 Å². The molecular formula is C37H51N7O6S. The Morgan fingerprint density at radius 1 is 0.765 bits per heavy atom. The highest BCUT2D eigenvalue weighted by molar-refractivity contribution is 7.09. The van der Waals surface area contributed by atoms with Gasteiger partial charge in [-0.25, -0.2) is 4.98 Å². The minimum absolute atomic E-state index is 0.0338. The topological polar surface area (TPSA) is 170 Å². The molecule has 4 N–H and O–H groups in total. The maximum absolute atomic E-state index is 14.3. The lowest BCUT2D eigenvalue weighted by atomic mass is 9.96. The molecule has 6 amide bonds. The van der Waals surface area contributed by atoms with Crippen LogP contribution in [0.2, 0.25) is 0 Å². The van der Waals surface area contributed by atoms with Crippen LogP contribution in [-0.4, -0.2) is 93.5 Å². The van der Waals surface area contributed by atoms with Crippen LogP contribution < -0.4 is 21.3 Å². The summed E-state index contributed by atoms with van der Waals surface area (Å²) in [7, 11) is 0. The van der Waals surface area contributed by atoms with Crippen LogP contribution in [0.25, 0.3) is 0 Å². The number of thiazole rings is 1. The minimum Gasteiger partial charge on any atom is -0.345 e. The molecular weight excluding hydrogens is 671 g/mol. The highest BCUT2D eigenvalue weighted by atomic mass is 32.1.